The van der Waals surface area contributed by atoms with Crippen molar-refractivity contribution >= 4 is 17.2 Å². The largest absolute Gasteiger partial charge is 0.347 e. The SMILES string of the molecule is C[C@H](NC(=O)Cn1cc(CN)nn1)c1cccs1. The van der Waals surface area contributed by atoms with E-state index in [-0.39, 0.29) is 18.5 Å². The maximum atomic E-state index is 11.8. The predicted molar refractivity (Wildman–Crippen MR) is 68.8 cm³/mol. The van der Waals surface area contributed by atoms with Gasteiger partial charge < -0.3 is 11.1 Å². The van der Waals surface area contributed by atoms with E-state index >= 15 is 0 Å². The normalized spacial score (nSPS) is 12.3. The van der Waals surface area contributed by atoms with Gasteiger partial charge in [0.1, 0.15) is 6.54 Å². The highest BCUT2D eigenvalue weighted by Gasteiger charge is 2.11. The van der Waals surface area contributed by atoms with E-state index in [1.165, 1.54) is 4.68 Å². The number of carbonyl (C=O) groups is 1. The zero-order chi connectivity index (χ0) is 13.0. The minimum atomic E-state index is -0.0932. The van der Waals surface area contributed by atoms with Crippen molar-refractivity contribution in [2.45, 2.75) is 26.1 Å². The standard InChI is InChI=1S/C11H15N5OS/c1-8(10-3-2-4-18-10)13-11(17)7-16-6-9(5-12)14-15-16/h2-4,6,8H,5,7,12H2,1H3,(H,13,17)/t8-/m0/s1. The van der Waals surface area contributed by atoms with Crippen molar-refractivity contribution in [1.29, 1.82) is 0 Å². The molecule has 2 aromatic heterocycles. The predicted octanol–water partition coefficient (Wildman–Crippen LogP) is 0.676. The molecular formula is C11H15N5OS. The van der Waals surface area contributed by atoms with Crippen LogP contribution in [0.4, 0.5) is 0 Å². The number of carbonyl (C=O) groups excluding carboxylic acids is 1. The van der Waals surface area contributed by atoms with Crippen molar-refractivity contribution in [2.24, 2.45) is 5.73 Å². The second-order valence-corrected chi connectivity index (χ2v) is 4.90. The van der Waals surface area contributed by atoms with Crippen molar-refractivity contribution in [3.05, 3.63) is 34.3 Å². The molecule has 0 aromatic carbocycles. The van der Waals surface area contributed by atoms with Gasteiger partial charge in [-0.15, -0.1) is 16.4 Å². The molecule has 0 saturated heterocycles. The summed E-state index contributed by atoms with van der Waals surface area (Å²) in [5, 5.41) is 12.6. The number of nitrogens with zero attached hydrogens (tertiary/aromatic N) is 3. The van der Waals surface area contributed by atoms with Gasteiger partial charge in [-0.25, -0.2) is 4.68 Å². The Labute approximate surface area is 109 Å². The first-order valence-electron chi connectivity index (χ1n) is 5.61. The van der Waals surface area contributed by atoms with E-state index in [0.29, 0.717) is 12.2 Å². The molecule has 6 nitrogen and oxygen atoms in total. The molecule has 0 spiro atoms. The van der Waals surface area contributed by atoms with Crippen LogP contribution in [0.1, 0.15) is 23.5 Å². The molecule has 0 aliphatic carbocycles. The smallest absolute Gasteiger partial charge is 0.242 e. The van der Waals surface area contributed by atoms with Gasteiger partial charge in [-0.1, -0.05) is 11.3 Å². The number of amides is 1. The number of hydrogen-bond donors (Lipinski definition) is 2. The number of rotatable bonds is 5. The zero-order valence-electron chi connectivity index (χ0n) is 10.0. The fraction of sp³-hybridized carbons (Fsp3) is 0.364. The van der Waals surface area contributed by atoms with Gasteiger partial charge in [-0.3, -0.25) is 4.79 Å². The van der Waals surface area contributed by atoms with Crippen LogP contribution < -0.4 is 11.1 Å². The van der Waals surface area contributed by atoms with Crippen LogP contribution in [0.15, 0.2) is 23.7 Å². The fourth-order valence-electron chi connectivity index (χ4n) is 1.55. The molecule has 0 fully saturated rings. The maximum Gasteiger partial charge on any atom is 0.242 e. The van der Waals surface area contributed by atoms with Gasteiger partial charge in [-0.2, -0.15) is 0 Å². The third-order valence-corrected chi connectivity index (χ3v) is 3.50. The molecule has 2 rings (SSSR count). The molecular weight excluding hydrogens is 250 g/mol. The van der Waals surface area contributed by atoms with Gasteiger partial charge in [0.2, 0.25) is 5.91 Å². The highest BCUT2D eigenvalue weighted by atomic mass is 32.1. The monoisotopic (exact) mass is 265 g/mol. The summed E-state index contributed by atoms with van der Waals surface area (Å²) >= 11 is 1.62. The van der Waals surface area contributed by atoms with E-state index in [1.807, 2.05) is 24.4 Å². The first kappa shape index (κ1) is 12.7. The summed E-state index contributed by atoms with van der Waals surface area (Å²) in [6, 6.07) is 3.97. The first-order chi connectivity index (χ1) is 8.69. The molecule has 0 aliphatic heterocycles. The van der Waals surface area contributed by atoms with Gasteiger partial charge in [0.05, 0.1) is 17.9 Å². The van der Waals surface area contributed by atoms with E-state index < -0.39 is 0 Å². The second kappa shape index (κ2) is 5.74. The molecule has 2 heterocycles. The number of nitrogens with two attached hydrogens (primary N) is 1. The molecule has 0 bridgehead atoms. The van der Waals surface area contributed by atoms with Crippen LogP contribution in [0.25, 0.3) is 0 Å². The summed E-state index contributed by atoms with van der Waals surface area (Å²) in [5.74, 6) is -0.0932. The summed E-state index contributed by atoms with van der Waals surface area (Å²) in [7, 11) is 0. The Balaban J connectivity index is 1.88. The van der Waals surface area contributed by atoms with Crippen LogP contribution in [0.3, 0.4) is 0 Å². The minimum Gasteiger partial charge on any atom is -0.347 e. The summed E-state index contributed by atoms with van der Waals surface area (Å²) in [6.45, 7) is 2.44. The number of aromatic nitrogens is 3. The number of nitrogens with one attached hydrogen (secondary N) is 1. The lowest BCUT2D eigenvalue weighted by Gasteiger charge is -2.11. The molecule has 3 N–H and O–H groups in total. The first-order valence-corrected chi connectivity index (χ1v) is 6.49. The molecule has 96 valence electrons. The van der Waals surface area contributed by atoms with Crippen molar-refractivity contribution in [2.75, 3.05) is 0 Å². The Morgan fingerprint density at radius 1 is 1.67 bits per heavy atom. The average molecular weight is 265 g/mol. The van der Waals surface area contributed by atoms with Crippen molar-refractivity contribution in [3.8, 4) is 0 Å². The lowest BCUT2D eigenvalue weighted by molar-refractivity contribution is -0.122. The third-order valence-electron chi connectivity index (χ3n) is 2.45. The Morgan fingerprint density at radius 2 is 2.50 bits per heavy atom. The minimum absolute atomic E-state index is 0.00926. The van der Waals surface area contributed by atoms with Crippen molar-refractivity contribution < 1.29 is 4.79 Å². The van der Waals surface area contributed by atoms with E-state index in [4.69, 9.17) is 5.73 Å². The highest BCUT2D eigenvalue weighted by molar-refractivity contribution is 7.10. The molecule has 0 aliphatic rings. The van der Waals surface area contributed by atoms with Gasteiger partial charge in [0.25, 0.3) is 0 Å². The number of hydrogen-bond acceptors (Lipinski definition) is 5. The maximum absolute atomic E-state index is 11.8. The van der Waals surface area contributed by atoms with Gasteiger partial charge in [0, 0.05) is 11.4 Å². The Morgan fingerprint density at radius 3 is 3.11 bits per heavy atom. The number of thiophene rings is 1. The fourth-order valence-corrected chi connectivity index (χ4v) is 2.29. The zero-order valence-corrected chi connectivity index (χ0v) is 10.9. The van der Waals surface area contributed by atoms with Crippen LogP contribution in [-0.2, 0) is 17.9 Å². The highest BCUT2D eigenvalue weighted by Crippen LogP contribution is 2.17. The summed E-state index contributed by atoms with van der Waals surface area (Å²) in [4.78, 5) is 12.9. The van der Waals surface area contributed by atoms with Crippen LogP contribution in [0, 0.1) is 0 Å². The van der Waals surface area contributed by atoms with Crippen LogP contribution in [0.2, 0.25) is 0 Å². The molecule has 0 unspecified atom stereocenters. The Bertz CT molecular complexity index is 507. The van der Waals surface area contributed by atoms with E-state index in [9.17, 15) is 4.79 Å². The summed E-state index contributed by atoms with van der Waals surface area (Å²) in [6.07, 6.45) is 1.68. The molecule has 0 radical (unpaired) electrons. The van der Waals surface area contributed by atoms with E-state index in [0.717, 1.165) is 4.88 Å². The summed E-state index contributed by atoms with van der Waals surface area (Å²) < 4.78 is 1.48. The Hall–Kier alpha value is -1.73. The van der Waals surface area contributed by atoms with Crippen LogP contribution in [0.5, 0.6) is 0 Å². The third kappa shape index (κ3) is 3.14. The van der Waals surface area contributed by atoms with Gasteiger partial charge in [-0.05, 0) is 18.4 Å². The van der Waals surface area contributed by atoms with E-state index in [2.05, 4.69) is 15.6 Å². The Kier molecular flexibility index (Phi) is 4.06. The molecule has 2 aromatic rings. The van der Waals surface area contributed by atoms with Crippen molar-refractivity contribution in [3.63, 3.8) is 0 Å². The molecule has 18 heavy (non-hydrogen) atoms. The topological polar surface area (TPSA) is 85.8 Å². The molecule has 7 heteroatoms. The average Bonchev–Trinajstić information content (AvgIpc) is 2.98. The molecule has 1 atom stereocenters. The van der Waals surface area contributed by atoms with Gasteiger partial charge in [0.15, 0.2) is 0 Å². The lowest BCUT2D eigenvalue weighted by Crippen LogP contribution is -2.29. The van der Waals surface area contributed by atoms with Gasteiger partial charge >= 0.3 is 0 Å². The van der Waals surface area contributed by atoms with E-state index in [1.54, 1.807) is 17.5 Å². The quantitative estimate of drug-likeness (QED) is 0.832. The van der Waals surface area contributed by atoms with Crippen molar-refractivity contribution in [1.82, 2.24) is 20.3 Å². The van der Waals surface area contributed by atoms with Crippen LogP contribution in [-0.4, -0.2) is 20.9 Å². The second-order valence-electron chi connectivity index (χ2n) is 3.92. The van der Waals surface area contributed by atoms with Crippen LogP contribution >= 0.6 is 11.3 Å². The summed E-state index contributed by atoms with van der Waals surface area (Å²) in [5.41, 5.74) is 6.10. The lowest BCUT2D eigenvalue weighted by atomic mass is 10.3. The molecule has 0 saturated carbocycles. The molecule has 1 amide bonds.